The zero-order chi connectivity index (χ0) is 13.0. The molecule has 1 heterocycles. The molecular formula is C14H16FNO2. The molecule has 4 heteroatoms. The molecule has 1 aromatic rings. The number of hydrogen-bond acceptors (Lipinski definition) is 2. The Balaban J connectivity index is 1.76. The van der Waals surface area contributed by atoms with Gasteiger partial charge in [-0.1, -0.05) is 12.1 Å². The maximum absolute atomic E-state index is 12.8. The Hall–Kier alpha value is -1.42. The molecule has 1 aliphatic carbocycles. The van der Waals surface area contributed by atoms with Gasteiger partial charge in [-0.3, -0.25) is 4.79 Å². The van der Waals surface area contributed by atoms with Crippen molar-refractivity contribution in [2.75, 3.05) is 13.1 Å². The summed E-state index contributed by atoms with van der Waals surface area (Å²) >= 11 is 0. The number of carbonyl (C=O) groups is 1. The molecule has 1 atom stereocenters. The van der Waals surface area contributed by atoms with E-state index in [1.807, 2.05) is 0 Å². The predicted octanol–water partition coefficient (Wildman–Crippen LogP) is 1.66. The summed E-state index contributed by atoms with van der Waals surface area (Å²) in [7, 11) is 0. The van der Waals surface area contributed by atoms with Gasteiger partial charge in [0.1, 0.15) is 5.82 Å². The van der Waals surface area contributed by atoms with Crippen molar-refractivity contribution < 1.29 is 14.3 Å². The third-order valence-electron chi connectivity index (χ3n) is 4.12. The van der Waals surface area contributed by atoms with Gasteiger partial charge in [0.2, 0.25) is 0 Å². The van der Waals surface area contributed by atoms with Gasteiger partial charge in [-0.05, 0) is 37.5 Å². The van der Waals surface area contributed by atoms with Gasteiger partial charge in [-0.2, -0.15) is 0 Å². The predicted molar refractivity (Wildman–Crippen MR) is 64.2 cm³/mol. The first-order chi connectivity index (χ1) is 8.43. The quantitative estimate of drug-likeness (QED) is 0.866. The Morgan fingerprint density at radius 3 is 2.39 bits per heavy atom. The highest BCUT2D eigenvalue weighted by molar-refractivity contribution is 5.86. The van der Waals surface area contributed by atoms with Crippen molar-refractivity contribution in [3.63, 3.8) is 0 Å². The van der Waals surface area contributed by atoms with Crippen LogP contribution in [0.4, 0.5) is 4.39 Å². The summed E-state index contributed by atoms with van der Waals surface area (Å²) in [6, 6.07) is 5.44. The fourth-order valence-electron chi connectivity index (χ4n) is 2.61. The van der Waals surface area contributed by atoms with Crippen molar-refractivity contribution in [1.82, 2.24) is 4.90 Å². The van der Waals surface area contributed by atoms with E-state index in [0.29, 0.717) is 11.0 Å². The van der Waals surface area contributed by atoms with Crippen molar-refractivity contribution in [2.24, 2.45) is 5.41 Å². The molecule has 3 rings (SSSR count). The summed E-state index contributed by atoms with van der Waals surface area (Å²) in [5.41, 5.74) is -0.760. The highest BCUT2D eigenvalue weighted by Crippen LogP contribution is 2.53. The first-order valence-corrected chi connectivity index (χ1v) is 6.21. The van der Waals surface area contributed by atoms with E-state index >= 15 is 0 Å². The Labute approximate surface area is 105 Å². The highest BCUT2D eigenvalue weighted by atomic mass is 19.1. The minimum atomic E-state index is -1.57. The molecule has 0 radical (unpaired) electrons. The van der Waals surface area contributed by atoms with Crippen LogP contribution >= 0.6 is 0 Å². The van der Waals surface area contributed by atoms with Crippen LogP contribution in [-0.2, 0) is 10.4 Å². The summed E-state index contributed by atoms with van der Waals surface area (Å²) in [4.78, 5) is 13.9. The van der Waals surface area contributed by atoms with E-state index in [1.54, 1.807) is 4.90 Å². The van der Waals surface area contributed by atoms with Gasteiger partial charge in [0.05, 0.1) is 0 Å². The molecule has 0 bridgehead atoms. The molecule has 1 spiro atoms. The Bertz CT molecular complexity index is 483. The first-order valence-electron chi connectivity index (χ1n) is 6.21. The van der Waals surface area contributed by atoms with Gasteiger partial charge in [-0.15, -0.1) is 0 Å². The zero-order valence-electron chi connectivity index (χ0n) is 10.3. The summed E-state index contributed by atoms with van der Waals surface area (Å²) in [5.74, 6) is -0.658. The van der Waals surface area contributed by atoms with Crippen LogP contribution < -0.4 is 0 Å². The molecule has 96 valence electrons. The fraction of sp³-hybridized carbons (Fsp3) is 0.500. The number of hydrogen-bond donors (Lipinski definition) is 1. The van der Waals surface area contributed by atoms with E-state index in [2.05, 4.69) is 0 Å². The van der Waals surface area contributed by atoms with Crippen LogP contribution in [0.3, 0.4) is 0 Å². The van der Waals surface area contributed by atoms with Crippen LogP contribution in [0.5, 0.6) is 0 Å². The van der Waals surface area contributed by atoms with Crippen molar-refractivity contribution in [3.05, 3.63) is 35.6 Å². The van der Waals surface area contributed by atoms with E-state index in [0.717, 1.165) is 13.1 Å². The molecule has 3 nitrogen and oxygen atoms in total. The third kappa shape index (κ3) is 1.72. The largest absolute Gasteiger partial charge is 0.376 e. The van der Waals surface area contributed by atoms with Gasteiger partial charge < -0.3 is 10.0 Å². The molecule has 18 heavy (non-hydrogen) atoms. The molecule has 1 N–H and O–H groups in total. The lowest BCUT2D eigenvalue weighted by atomic mass is 9.89. The molecule has 0 aromatic heterocycles. The Morgan fingerprint density at radius 2 is 1.89 bits per heavy atom. The molecule has 1 amide bonds. The average molecular weight is 249 g/mol. The van der Waals surface area contributed by atoms with E-state index < -0.39 is 5.60 Å². The third-order valence-corrected chi connectivity index (χ3v) is 4.12. The smallest absolute Gasteiger partial charge is 0.258 e. The van der Waals surface area contributed by atoms with Gasteiger partial charge in [0.25, 0.3) is 5.91 Å². The molecule has 2 aliphatic rings. The maximum Gasteiger partial charge on any atom is 0.258 e. The average Bonchev–Trinajstić information content (AvgIpc) is 3.06. The molecule has 1 unspecified atom stereocenters. The van der Waals surface area contributed by atoms with Gasteiger partial charge in [0, 0.05) is 18.5 Å². The second-order valence-electron chi connectivity index (χ2n) is 5.74. The fourth-order valence-corrected chi connectivity index (χ4v) is 2.61. The number of halogens is 1. The molecule has 1 saturated heterocycles. The highest BCUT2D eigenvalue weighted by Gasteiger charge is 2.55. The lowest BCUT2D eigenvalue weighted by Gasteiger charge is -2.43. The van der Waals surface area contributed by atoms with Crippen LogP contribution in [0.2, 0.25) is 0 Å². The maximum atomic E-state index is 12.8. The number of nitrogens with zero attached hydrogens (tertiary/aromatic N) is 1. The lowest BCUT2D eigenvalue weighted by molar-refractivity contribution is -0.158. The molecule has 1 aliphatic heterocycles. The summed E-state index contributed by atoms with van der Waals surface area (Å²) in [5, 5.41) is 10.4. The molecule has 2 fully saturated rings. The van der Waals surface area contributed by atoms with E-state index in [1.165, 1.54) is 44.0 Å². The van der Waals surface area contributed by atoms with E-state index in [9.17, 15) is 14.3 Å². The number of benzene rings is 1. The standard InChI is InChI=1S/C14H16FNO2/c1-13(18,10-2-4-11(15)5-3-10)12(17)16-8-14(9-16)6-7-14/h2-5,18H,6-9H2,1H3. The minimum Gasteiger partial charge on any atom is -0.376 e. The van der Waals surface area contributed by atoms with Crippen molar-refractivity contribution in [1.29, 1.82) is 0 Å². The Morgan fingerprint density at radius 1 is 1.33 bits per heavy atom. The van der Waals surface area contributed by atoms with Crippen LogP contribution in [0.25, 0.3) is 0 Å². The van der Waals surface area contributed by atoms with Crippen molar-refractivity contribution in [2.45, 2.75) is 25.4 Å². The van der Waals surface area contributed by atoms with Crippen molar-refractivity contribution in [3.8, 4) is 0 Å². The van der Waals surface area contributed by atoms with Crippen molar-refractivity contribution >= 4 is 5.91 Å². The number of likely N-dealkylation sites (tertiary alicyclic amines) is 1. The zero-order valence-corrected chi connectivity index (χ0v) is 10.3. The number of amides is 1. The topological polar surface area (TPSA) is 40.5 Å². The van der Waals surface area contributed by atoms with Gasteiger partial charge in [0.15, 0.2) is 5.60 Å². The number of rotatable bonds is 2. The summed E-state index contributed by atoms with van der Waals surface area (Å²) < 4.78 is 12.8. The molecule has 1 aromatic carbocycles. The summed E-state index contributed by atoms with van der Waals surface area (Å²) in [6.07, 6.45) is 2.38. The second kappa shape index (κ2) is 3.54. The molecular weight excluding hydrogens is 233 g/mol. The normalized spacial score (nSPS) is 23.4. The Kier molecular flexibility index (Phi) is 2.29. The van der Waals surface area contributed by atoms with Gasteiger partial charge in [-0.25, -0.2) is 4.39 Å². The monoisotopic (exact) mass is 249 g/mol. The SMILES string of the molecule is CC(O)(C(=O)N1CC2(CC2)C1)c1ccc(F)cc1. The van der Waals surface area contributed by atoms with Gasteiger partial charge >= 0.3 is 0 Å². The van der Waals surface area contributed by atoms with Crippen LogP contribution in [0.15, 0.2) is 24.3 Å². The minimum absolute atomic E-state index is 0.286. The number of carbonyl (C=O) groups excluding carboxylic acids is 1. The van der Waals surface area contributed by atoms with Crippen LogP contribution in [0, 0.1) is 11.2 Å². The first kappa shape index (κ1) is 11.7. The second-order valence-corrected chi connectivity index (χ2v) is 5.74. The van der Waals surface area contributed by atoms with E-state index in [4.69, 9.17) is 0 Å². The summed E-state index contributed by atoms with van der Waals surface area (Å²) in [6.45, 7) is 2.98. The number of aliphatic hydroxyl groups is 1. The lowest BCUT2D eigenvalue weighted by Crippen LogP contribution is -2.57. The van der Waals surface area contributed by atoms with Crippen LogP contribution in [0.1, 0.15) is 25.3 Å². The van der Waals surface area contributed by atoms with E-state index in [-0.39, 0.29) is 11.7 Å². The van der Waals surface area contributed by atoms with Crippen LogP contribution in [-0.4, -0.2) is 29.0 Å². The molecule has 1 saturated carbocycles.